The van der Waals surface area contributed by atoms with Gasteiger partial charge in [-0.2, -0.15) is 0 Å². The van der Waals surface area contributed by atoms with Crippen molar-refractivity contribution in [2.75, 3.05) is 20.3 Å². The normalized spacial score (nSPS) is 14.8. The van der Waals surface area contributed by atoms with E-state index in [1.165, 1.54) is 12.8 Å². The fraction of sp³-hybridized carbons (Fsp3) is 0.600. The molecule has 1 aromatic rings. The second-order valence-corrected chi connectivity index (χ2v) is 6.02. The first-order valence-corrected chi connectivity index (χ1v) is 7.78. The minimum absolute atomic E-state index is 0.258. The largest absolute Gasteiger partial charge is 0.495 e. The second kappa shape index (κ2) is 7.51. The molecule has 2 rings (SSSR count). The van der Waals surface area contributed by atoms with E-state index in [9.17, 15) is 0 Å². The maximum Gasteiger partial charge on any atom is 0.138 e. The number of halogens is 2. The van der Waals surface area contributed by atoms with Crippen molar-refractivity contribution in [3.8, 4) is 5.75 Å². The number of unbranched alkanes of at least 4 members (excludes halogenated alkanes) is 1. The SMILES string of the molecule is COc1cc(Cl)c(CN(CCCCO)C2CC2)cc1Cl. The molecule has 0 aliphatic heterocycles. The molecule has 0 unspecified atom stereocenters. The molecule has 1 aliphatic carbocycles. The van der Waals surface area contributed by atoms with Gasteiger partial charge in [0.15, 0.2) is 0 Å². The predicted molar refractivity (Wildman–Crippen MR) is 82.8 cm³/mol. The second-order valence-electron chi connectivity index (χ2n) is 5.21. The summed E-state index contributed by atoms with van der Waals surface area (Å²) in [6.45, 7) is 2.05. The molecule has 0 radical (unpaired) electrons. The van der Waals surface area contributed by atoms with Crippen LogP contribution < -0.4 is 4.74 Å². The van der Waals surface area contributed by atoms with Gasteiger partial charge < -0.3 is 9.84 Å². The molecule has 0 bridgehead atoms. The van der Waals surface area contributed by atoms with E-state index in [0.29, 0.717) is 21.8 Å². The van der Waals surface area contributed by atoms with E-state index in [1.807, 2.05) is 6.07 Å². The highest BCUT2D eigenvalue weighted by Crippen LogP contribution is 2.34. The van der Waals surface area contributed by atoms with E-state index in [1.54, 1.807) is 13.2 Å². The van der Waals surface area contributed by atoms with Gasteiger partial charge in [0.2, 0.25) is 0 Å². The molecule has 0 saturated heterocycles. The predicted octanol–water partition coefficient (Wildman–Crippen LogP) is 3.74. The number of hydrogen-bond acceptors (Lipinski definition) is 3. The molecule has 0 aromatic heterocycles. The van der Waals surface area contributed by atoms with Gasteiger partial charge in [0.1, 0.15) is 5.75 Å². The Hall–Kier alpha value is -0.480. The molecule has 112 valence electrons. The maximum absolute atomic E-state index is 8.89. The topological polar surface area (TPSA) is 32.7 Å². The van der Waals surface area contributed by atoms with Gasteiger partial charge in [-0.15, -0.1) is 0 Å². The van der Waals surface area contributed by atoms with Gasteiger partial charge in [-0.25, -0.2) is 0 Å². The number of rotatable bonds is 8. The summed E-state index contributed by atoms with van der Waals surface area (Å²) in [5.74, 6) is 0.610. The number of methoxy groups -OCH3 is 1. The van der Waals surface area contributed by atoms with Crippen LogP contribution in [-0.4, -0.2) is 36.3 Å². The lowest BCUT2D eigenvalue weighted by Gasteiger charge is -2.23. The number of nitrogens with zero attached hydrogens (tertiary/aromatic N) is 1. The molecule has 1 fully saturated rings. The quantitative estimate of drug-likeness (QED) is 0.741. The zero-order chi connectivity index (χ0) is 14.5. The number of ether oxygens (including phenoxy) is 1. The van der Waals surface area contributed by atoms with E-state index < -0.39 is 0 Å². The molecule has 0 spiro atoms. The van der Waals surface area contributed by atoms with Crippen molar-refractivity contribution in [1.29, 1.82) is 0 Å². The zero-order valence-electron chi connectivity index (χ0n) is 11.7. The summed E-state index contributed by atoms with van der Waals surface area (Å²) in [6, 6.07) is 4.33. The first-order valence-electron chi connectivity index (χ1n) is 7.02. The Morgan fingerprint density at radius 1 is 1.25 bits per heavy atom. The summed E-state index contributed by atoms with van der Waals surface area (Å²) in [4.78, 5) is 2.43. The van der Waals surface area contributed by atoms with Crippen molar-refractivity contribution in [2.24, 2.45) is 0 Å². The highest BCUT2D eigenvalue weighted by molar-refractivity contribution is 6.34. The minimum Gasteiger partial charge on any atom is -0.495 e. The number of hydrogen-bond donors (Lipinski definition) is 1. The van der Waals surface area contributed by atoms with Crippen molar-refractivity contribution in [3.05, 3.63) is 27.7 Å². The molecular formula is C15H21Cl2NO2. The molecule has 5 heteroatoms. The van der Waals surface area contributed by atoms with Crippen LogP contribution in [0.25, 0.3) is 0 Å². The standard InChI is InChI=1S/C15H21Cl2NO2/c1-20-15-9-13(16)11(8-14(15)17)10-18(12-4-5-12)6-2-3-7-19/h8-9,12,19H,2-7,10H2,1H3. The van der Waals surface area contributed by atoms with Crippen LogP contribution in [0.1, 0.15) is 31.2 Å². The van der Waals surface area contributed by atoms with E-state index in [2.05, 4.69) is 4.90 Å². The van der Waals surface area contributed by atoms with Gasteiger partial charge in [-0.3, -0.25) is 4.90 Å². The smallest absolute Gasteiger partial charge is 0.138 e. The minimum atomic E-state index is 0.258. The number of aliphatic hydroxyl groups excluding tert-OH is 1. The monoisotopic (exact) mass is 317 g/mol. The average Bonchev–Trinajstić information content (AvgIpc) is 3.25. The number of benzene rings is 1. The molecule has 1 aromatic carbocycles. The van der Waals surface area contributed by atoms with Gasteiger partial charge in [-0.05, 0) is 43.9 Å². The highest BCUT2D eigenvalue weighted by atomic mass is 35.5. The van der Waals surface area contributed by atoms with Crippen LogP contribution in [0, 0.1) is 0 Å². The fourth-order valence-corrected chi connectivity index (χ4v) is 2.80. The van der Waals surface area contributed by atoms with E-state index in [4.69, 9.17) is 33.0 Å². The van der Waals surface area contributed by atoms with Crippen molar-refractivity contribution in [1.82, 2.24) is 4.90 Å². The van der Waals surface area contributed by atoms with E-state index >= 15 is 0 Å². The van der Waals surface area contributed by atoms with Crippen LogP contribution in [0.4, 0.5) is 0 Å². The van der Waals surface area contributed by atoms with E-state index in [-0.39, 0.29) is 6.61 Å². The lowest BCUT2D eigenvalue weighted by molar-refractivity contribution is 0.229. The van der Waals surface area contributed by atoms with Crippen LogP contribution in [0.5, 0.6) is 5.75 Å². The Labute approximate surface area is 130 Å². The highest BCUT2D eigenvalue weighted by Gasteiger charge is 2.29. The lowest BCUT2D eigenvalue weighted by Crippen LogP contribution is -2.27. The van der Waals surface area contributed by atoms with Crippen molar-refractivity contribution in [3.63, 3.8) is 0 Å². The summed E-state index contributed by atoms with van der Waals surface area (Å²) in [7, 11) is 1.59. The van der Waals surface area contributed by atoms with Gasteiger partial charge >= 0.3 is 0 Å². The summed E-state index contributed by atoms with van der Waals surface area (Å²) >= 11 is 12.5. The fourth-order valence-electron chi connectivity index (χ4n) is 2.32. The van der Waals surface area contributed by atoms with Crippen LogP contribution >= 0.6 is 23.2 Å². The molecule has 0 amide bonds. The summed E-state index contributed by atoms with van der Waals surface area (Å²) < 4.78 is 5.17. The molecule has 1 aliphatic rings. The van der Waals surface area contributed by atoms with Gasteiger partial charge in [0.05, 0.1) is 12.1 Å². The molecule has 1 N–H and O–H groups in total. The van der Waals surface area contributed by atoms with Crippen molar-refractivity contribution >= 4 is 23.2 Å². The Balaban J connectivity index is 2.04. The van der Waals surface area contributed by atoms with Crippen molar-refractivity contribution in [2.45, 2.75) is 38.3 Å². The molecule has 20 heavy (non-hydrogen) atoms. The van der Waals surface area contributed by atoms with Gasteiger partial charge in [0.25, 0.3) is 0 Å². The van der Waals surface area contributed by atoms with Crippen molar-refractivity contribution < 1.29 is 9.84 Å². The van der Waals surface area contributed by atoms with Gasteiger partial charge in [-0.1, -0.05) is 23.2 Å². The Kier molecular flexibility index (Phi) is 5.97. The Morgan fingerprint density at radius 2 is 2.00 bits per heavy atom. The van der Waals surface area contributed by atoms with Gasteiger partial charge in [0, 0.05) is 30.3 Å². The third kappa shape index (κ3) is 4.26. The summed E-state index contributed by atoms with van der Waals surface area (Å²) in [6.07, 6.45) is 4.36. The van der Waals surface area contributed by atoms with Crippen LogP contribution in [0.2, 0.25) is 10.0 Å². The molecule has 3 nitrogen and oxygen atoms in total. The molecule has 0 heterocycles. The molecular weight excluding hydrogens is 297 g/mol. The first-order chi connectivity index (χ1) is 9.65. The molecule has 0 atom stereocenters. The van der Waals surface area contributed by atoms with Crippen LogP contribution in [0.3, 0.4) is 0 Å². The average molecular weight is 318 g/mol. The Morgan fingerprint density at radius 3 is 2.60 bits per heavy atom. The Bertz CT molecular complexity index is 450. The first kappa shape index (κ1) is 15.9. The third-order valence-electron chi connectivity index (χ3n) is 3.61. The summed E-state index contributed by atoms with van der Waals surface area (Å²) in [5, 5.41) is 10.2. The summed E-state index contributed by atoms with van der Waals surface area (Å²) in [5.41, 5.74) is 1.04. The number of aliphatic hydroxyl groups is 1. The third-order valence-corrected chi connectivity index (χ3v) is 4.26. The maximum atomic E-state index is 8.89. The van der Waals surface area contributed by atoms with E-state index in [0.717, 1.165) is 31.5 Å². The lowest BCUT2D eigenvalue weighted by atomic mass is 10.2. The molecule has 1 saturated carbocycles. The van der Waals surface area contributed by atoms with Crippen LogP contribution in [-0.2, 0) is 6.54 Å². The zero-order valence-corrected chi connectivity index (χ0v) is 13.3. The van der Waals surface area contributed by atoms with Crippen LogP contribution in [0.15, 0.2) is 12.1 Å².